The second kappa shape index (κ2) is 5.81. The van der Waals surface area contributed by atoms with E-state index in [9.17, 15) is 0 Å². The first-order valence-electron chi connectivity index (χ1n) is 5.67. The lowest BCUT2D eigenvalue weighted by Gasteiger charge is -2.05. The minimum Gasteiger partial charge on any atom is -0.416 e. The molecule has 0 N–H and O–H groups in total. The molecule has 4 nitrogen and oxygen atoms in total. The van der Waals surface area contributed by atoms with Gasteiger partial charge in [0.15, 0.2) is 0 Å². The van der Waals surface area contributed by atoms with E-state index in [4.69, 9.17) is 50.8 Å². The van der Waals surface area contributed by atoms with Crippen molar-refractivity contribution in [2.75, 3.05) is 0 Å². The van der Waals surface area contributed by atoms with Gasteiger partial charge in [-0.3, -0.25) is 0 Å². The fourth-order valence-electron chi connectivity index (χ4n) is 1.70. The minimum atomic E-state index is 0.0144. The lowest BCUT2D eigenvalue weighted by molar-refractivity contribution is 0.584. The molecule has 0 aliphatic rings. The molecule has 0 spiro atoms. The van der Waals surface area contributed by atoms with E-state index in [0.29, 0.717) is 5.89 Å². The zero-order valence-corrected chi connectivity index (χ0v) is 13.2. The van der Waals surface area contributed by atoms with E-state index in [-0.39, 0.29) is 31.8 Å². The van der Waals surface area contributed by atoms with Crippen LogP contribution in [0.25, 0.3) is 22.9 Å². The summed E-state index contributed by atoms with van der Waals surface area (Å²) in [5.41, 5.74) is 1.03. The van der Waals surface area contributed by atoms with Crippen LogP contribution in [-0.2, 0) is 0 Å². The van der Waals surface area contributed by atoms with Crippen molar-refractivity contribution in [3.8, 4) is 22.9 Å². The van der Waals surface area contributed by atoms with Crippen LogP contribution < -0.4 is 0 Å². The van der Waals surface area contributed by atoms with Crippen molar-refractivity contribution < 1.29 is 4.42 Å². The number of aromatic nitrogens is 3. The Morgan fingerprint density at radius 3 is 1.95 bits per heavy atom. The summed E-state index contributed by atoms with van der Waals surface area (Å²) in [7, 11) is 0. The summed E-state index contributed by atoms with van der Waals surface area (Å²) in [5.74, 6) is 0.455. The molecule has 2 heterocycles. The quantitative estimate of drug-likeness (QED) is 0.573. The number of hydrogen-bond acceptors (Lipinski definition) is 4. The van der Waals surface area contributed by atoms with Crippen LogP contribution in [0.15, 0.2) is 34.7 Å². The van der Waals surface area contributed by atoms with Crippen molar-refractivity contribution in [3.05, 3.63) is 50.7 Å². The third-order valence-electron chi connectivity index (χ3n) is 2.66. The van der Waals surface area contributed by atoms with Gasteiger partial charge in [-0.05, 0) is 12.1 Å². The molecule has 1 aromatic carbocycles. The second-order valence-electron chi connectivity index (χ2n) is 3.97. The second-order valence-corrected chi connectivity index (χ2v) is 5.45. The molecule has 0 saturated carbocycles. The molecule has 0 unspecified atom stereocenters. The summed E-state index contributed by atoms with van der Waals surface area (Å²) in [4.78, 5) is 3.80. The van der Waals surface area contributed by atoms with Crippen LogP contribution >= 0.6 is 46.4 Å². The number of halogens is 4. The van der Waals surface area contributed by atoms with Gasteiger partial charge in [0, 0.05) is 5.56 Å². The summed E-state index contributed by atoms with van der Waals surface area (Å²) in [5, 5.41) is 8.14. The first-order chi connectivity index (χ1) is 10.1. The summed E-state index contributed by atoms with van der Waals surface area (Å²) >= 11 is 24.0. The smallest absolute Gasteiger partial charge is 0.251 e. The summed E-state index contributed by atoms with van der Waals surface area (Å²) < 4.78 is 5.59. The molecule has 3 aromatic rings. The molecule has 8 heteroatoms. The molecular formula is C13H5Cl4N3O. The third kappa shape index (κ3) is 2.72. The van der Waals surface area contributed by atoms with Crippen molar-refractivity contribution in [1.82, 2.24) is 15.2 Å². The molecule has 0 aliphatic carbocycles. The summed E-state index contributed by atoms with van der Waals surface area (Å²) in [6, 6.07) is 9.29. The molecule has 0 fully saturated rings. The van der Waals surface area contributed by atoms with Crippen molar-refractivity contribution in [2.24, 2.45) is 0 Å². The summed E-state index contributed by atoms with van der Waals surface area (Å²) in [6.45, 7) is 0. The Balaban J connectivity index is 2.13. The van der Waals surface area contributed by atoms with Crippen molar-refractivity contribution in [1.29, 1.82) is 0 Å². The average molecular weight is 361 g/mol. The molecule has 0 bridgehead atoms. The number of nitrogens with zero attached hydrogens (tertiary/aromatic N) is 3. The molecule has 0 saturated heterocycles. The van der Waals surface area contributed by atoms with Crippen LogP contribution in [0.1, 0.15) is 0 Å². The fourth-order valence-corrected chi connectivity index (χ4v) is 2.58. The molecule has 21 heavy (non-hydrogen) atoms. The maximum atomic E-state index is 6.09. The van der Waals surface area contributed by atoms with Gasteiger partial charge in [-0.2, -0.15) is 0 Å². The predicted octanol–water partition coefficient (Wildman–Crippen LogP) is 5.41. The first-order valence-corrected chi connectivity index (χ1v) is 7.18. The zero-order chi connectivity index (χ0) is 15.0. The Morgan fingerprint density at radius 1 is 0.762 bits per heavy atom. The SMILES string of the molecule is Clc1nc(Cl)c(Cl)c(-c2nnc(-c3ccccc3)o2)c1Cl. The minimum absolute atomic E-state index is 0.0144. The van der Waals surface area contributed by atoms with Crippen LogP contribution in [-0.4, -0.2) is 15.2 Å². The Morgan fingerprint density at radius 2 is 1.33 bits per heavy atom. The molecule has 0 amide bonds. The van der Waals surface area contributed by atoms with Gasteiger partial charge < -0.3 is 4.42 Å². The lowest BCUT2D eigenvalue weighted by Crippen LogP contribution is -1.88. The maximum Gasteiger partial charge on any atom is 0.251 e. The first kappa shape index (κ1) is 14.6. The number of pyridine rings is 1. The molecule has 0 atom stereocenters. The van der Waals surface area contributed by atoms with E-state index in [1.807, 2.05) is 30.3 Å². The highest BCUT2D eigenvalue weighted by Gasteiger charge is 2.22. The van der Waals surface area contributed by atoms with Gasteiger partial charge in [-0.25, -0.2) is 4.98 Å². The van der Waals surface area contributed by atoms with Gasteiger partial charge in [-0.1, -0.05) is 64.6 Å². The van der Waals surface area contributed by atoms with E-state index < -0.39 is 0 Å². The molecule has 0 aliphatic heterocycles. The summed E-state index contributed by atoms with van der Waals surface area (Å²) in [6.07, 6.45) is 0. The van der Waals surface area contributed by atoms with Crippen LogP contribution in [0.4, 0.5) is 0 Å². The Hall–Kier alpha value is -1.33. The highest BCUT2D eigenvalue weighted by Crippen LogP contribution is 2.41. The average Bonchev–Trinajstić information content (AvgIpc) is 2.96. The normalized spacial score (nSPS) is 10.9. The number of hydrogen-bond donors (Lipinski definition) is 0. The van der Waals surface area contributed by atoms with E-state index >= 15 is 0 Å². The lowest BCUT2D eigenvalue weighted by atomic mass is 10.2. The highest BCUT2D eigenvalue weighted by atomic mass is 35.5. The van der Waals surface area contributed by atoms with Crippen LogP contribution in [0.3, 0.4) is 0 Å². The topological polar surface area (TPSA) is 51.8 Å². The Kier molecular flexibility index (Phi) is 4.04. The molecule has 106 valence electrons. The molecular weight excluding hydrogens is 356 g/mol. The molecule has 0 radical (unpaired) electrons. The van der Waals surface area contributed by atoms with Crippen molar-refractivity contribution >= 4 is 46.4 Å². The third-order valence-corrected chi connectivity index (χ3v) is 4.13. The molecule has 2 aromatic heterocycles. The van der Waals surface area contributed by atoms with Gasteiger partial charge in [0.1, 0.15) is 10.3 Å². The van der Waals surface area contributed by atoms with Gasteiger partial charge in [-0.15, -0.1) is 10.2 Å². The van der Waals surface area contributed by atoms with Crippen LogP contribution in [0, 0.1) is 0 Å². The highest BCUT2D eigenvalue weighted by molar-refractivity contribution is 6.48. The van der Waals surface area contributed by atoms with E-state index in [1.165, 1.54) is 0 Å². The van der Waals surface area contributed by atoms with Gasteiger partial charge in [0.25, 0.3) is 5.89 Å². The number of rotatable bonds is 2. The Bertz CT molecular complexity index is 778. The Labute approximate surface area is 139 Å². The van der Waals surface area contributed by atoms with E-state index in [2.05, 4.69) is 15.2 Å². The van der Waals surface area contributed by atoms with Gasteiger partial charge >= 0.3 is 0 Å². The maximum absolute atomic E-state index is 6.09. The van der Waals surface area contributed by atoms with Crippen molar-refractivity contribution in [3.63, 3.8) is 0 Å². The predicted molar refractivity (Wildman–Crippen MR) is 83.0 cm³/mol. The monoisotopic (exact) mass is 359 g/mol. The zero-order valence-electron chi connectivity index (χ0n) is 10.1. The van der Waals surface area contributed by atoms with E-state index in [1.54, 1.807) is 0 Å². The van der Waals surface area contributed by atoms with Crippen LogP contribution in [0.5, 0.6) is 0 Å². The van der Waals surface area contributed by atoms with Gasteiger partial charge in [0.2, 0.25) is 5.89 Å². The van der Waals surface area contributed by atoms with E-state index in [0.717, 1.165) is 5.56 Å². The number of benzene rings is 1. The molecule has 3 rings (SSSR count). The van der Waals surface area contributed by atoms with Gasteiger partial charge in [0.05, 0.1) is 15.6 Å². The standard InChI is InChI=1S/C13H5Cl4N3O/c14-8-7(9(15)11(17)18-10(8)16)13-20-19-12(21-13)6-4-2-1-3-5-6/h1-5H. The van der Waals surface area contributed by atoms with Crippen LogP contribution in [0.2, 0.25) is 20.4 Å². The fraction of sp³-hybridized carbons (Fsp3) is 0. The van der Waals surface area contributed by atoms with Crippen molar-refractivity contribution in [2.45, 2.75) is 0 Å². The largest absolute Gasteiger partial charge is 0.416 e.